The number of benzene rings is 1. The van der Waals surface area contributed by atoms with Crippen molar-refractivity contribution < 1.29 is 19.0 Å². The second kappa shape index (κ2) is 4.74. The van der Waals surface area contributed by atoms with Crippen molar-refractivity contribution in [1.82, 2.24) is 0 Å². The summed E-state index contributed by atoms with van der Waals surface area (Å²) in [5, 5.41) is 18.6. The molecule has 0 heterocycles. The van der Waals surface area contributed by atoms with E-state index in [4.69, 9.17) is 22.4 Å². The molecule has 0 aliphatic heterocycles. The van der Waals surface area contributed by atoms with E-state index in [1.807, 2.05) is 0 Å². The van der Waals surface area contributed by atoms with Crippen LogP contribution in [0.1, 0.15) is 11.7 Å². The lowest BCUT2D eigenvalue weighted by Gasteiger charge is -2.17. The molecule has 1 rings (SSSR count). The zero-order valence-electron chi connectivity index (χ0n) is 7.62. The van der Waals surface area contributed by atoms with Gasteiger partial charge in [0.15, 0.2) is 5.82 Å². The topological polar surface area (TPSA) is 66.5 Å². The van der Waals surface area contributed by atoms with Crippen molar-refractivity contribution in [2.75, 3.05) is 11.6 Å². The van der Waals surface area contributed by atoms with Gasteiger partial charge in [0.1, 0.15) is 11.9 Å². The van der Waals surface area contributed by atoms with Gasteiger partial charge in [-0.2, -0.15) is 0 Å². The Hall–Kier alpha value is -0.910. The molecule has 0 radical (unpaired) electrons. The minimum Gasteiger partial charge on any atom is -0.396 e. The van der Waals surface area contributed by atoms with E-state index < -0.39 is 29.4 Å². The molecule has 2 unspecified atom stereocenters. The Morgan fingerprint density at radius 3 is 2.47 bits per heavy atom. The second-order valence-corrected chi connectivity index (χ2v) is 3.34. The first-order chi connectivity index (χ1) is 6.99. The van der Waals surface area contributed by atoms with Crippen molar-refractivity contribution in [3.05, 3.63) is 29.3 Å². The van der Waals surface area contributed by atoms with Gasteiger partial charge >= 0.3 is 0 Å². The molecule has 1 aromatic rings. The molecule has 0 fully saturated rings. The zero-order valence-corrected chi connectivity index (χ0v) is 8.38. The van der Waals surface area contributed by atoms with Crippen molar-refractivity contribution in [3.8, 4) is 0 Å². The van der Waals surface area contributed by atoms with Crippen LogP contribution in [0.25, 0.3) is 0 Å². The van der Waals surface area contributed by atoms with Crippen LogP contribution < -0.4 is 5.73 Å². The minimum absolute atomic E-state index is 0.299. The molecule has 4 N–H and O–H groups in total. The maximum atomic E-state index is 13.3. The van der Waals surface area contributed by atoms with Crippen LogP contribution in [0.15, 0.2) is 12.1 Å². The lowest BCUT2D eigenvalue weighted by Crippen LogP contribution is -2.22. The molecular weight excluding hydrogens is 228 g/mol. The Balaban J connectivity index is 3.18. The van der Waals surface area contributed by atoms with E-state index in [9.17, 15) is 13.9 Å². The maximum absolute atomic E-state index is 13.3. The predicted octanol–water partition coefficient (Wildman–Crippen LogP) is 1.18. The summed E-state index contributed by atoms with van der Waals surface area (Å²) in [6, 6.07) is 1.95. The third kappa shape index (κ3) is 2.37. The first-order valence-corrected chi connectivity index (χ1v) is 4.68. The number of halogens is 3. The maximum Gasteiger partial charge on any atom is 0.154 e. The predicted molar refractivity (Wildman–Crippen MR) is 52.5 cm³/mol. The highest BCUT2D eigenvalue weighted by Gasteiger charge is 2.25. The number of nitrogens with two attached hydrogens (primary N) is 1. The van der Waals surface area contributed by atoms with Gasteiger partial charge in [0.25, 0.3) is 0 Å². The van der Waals surface area contributed by atoms with Crippen molar-refractivity contribution in [3.63, 3.8) is 0 Å². The highest BCUT2D eigenvalue weighted by atomic mass is 35.5. The molecule has 0 spiro atoms. The Morgan fingerprint density at radius 1 is 1.33 bits per heavy atom. The Bertz CT molecular complexity index is 362. The van der Waals surface area contributed by atoms with E-state index in [2.05, 4.69) is 0 Å². The molecule has 0 saturated heterocycles. The lowest BCUT2D eigenvalue weighted by molar-refractivity contribution is 0.0281. The molecule has 0 aliphatic rings. The average molecular weight is 238 g/mol. The number of anilines is 1. The minimum atomic E-state index is -1.73. The molecule has 15 heavy (non-hydrogen) atoms. The number of aliphatic hydroxyl groups excluding tert-OH is 2. The van der Waals surface area contributed by atoms with Crippen molar-refractivity contribution in [2.45, 2.75) is 12.2 Å². The largest absolute Gasteiger partial charge is 0.396 e. The molecule has 3 nitrogen and oxygen atoms in total. The molecule has 0 saturated carbocycles. The highest BCUT2D eigenvalue weighted by Crippen LogP contribution is 2.27. The van der Waals surface area contributed by atoms with E-state index in [-0.39, 0.29) is 11.6 Å². The lowest BCUT2D eigenvalue weighted by atomic mass is 10.0. The molecule has 2 atom stereocenters. The molecular formula is C9H10ClF2NO2. The summed E-state index contributed by atoms with van der Waals surface area (Å²) >= 11 is 5.26. The smallest absolute Gasteiger partial charge is 0.154 e. The van der Waals surface area contributed by atoms with Crippen LogP contribution in [-0.4, -0.2) is 22.2 Å². The number of rotatable bonds is 3. The van der Waals surface area contributed by atoms with Crippen LogP contribution in [0.5, 0.6) is 0 Å². The van der Waals surface area contributed by atoms with Gasteiger partial charge in [-0.25, -0.2) is 8.78 Å². The van der Waals surface area contributed by atoms with E-state index in [1.54, 1.807) is 0 Å². The standard InChI is InChI=1S/C9H10ClF2NO2/c10-3-6(14)9(15)7-4(11)1-2-5(13)8(7)12/h1-2,6,9,14-15H,3,13H2. The molecule has 84 valence electrons. The SMILES string of the molecule is Nc1ccc(F)c(C(O)C(O)CCl)c1F. The van der Waals surface area contributed by atoms with Crippen molar-refractivity contribution in [2.24, 2.45) is 0 Å². The van der Waals surface area contributed by atoms with Crippen molar-refractivity contribution in [1.29, 1.82) is 0 Å². The number of nitrogen functional groups attached to an aromatic ring is 1. The van der Waals surface area contributed by atoms with Gasteiger partial charge in [0.05, 0.1) is 23.2 Å². The van der Waals surface area contributed by atoms with E-state index >= 15 is 0 Å². The molecule has 0 aromatic heterocycles. The Kier molecular flexibility index (Phi) is 3.84. The van der Waals surface area contributed by atoms with Crippen LogP contribution in [-0.2, 0) is 0 Å². The summed E-state index contributed by atoms with van der Waals surface area (Å²) < 4.78 is 26.5. The summed E-state index contributed by atoms with van der Waals surface area (Å²) in [6.07, 6.45) is -3.18. The van der Waals surface area contributed by atoms with Crippen LogP contribution in [0.4, 0.5) is 14.5 Å². The molecule has 0 amide bonds. The number of hydrogen-bond acceptors (Lipinski definition) is 3. The van der Waals surface area contributed by atoms with Crippen molar-refractivity contribution >= 4 is 17.3 Å². The quantitative estimate of drug-likeness (QED) is 0.546. The summed E-state index contributed by atoms with van der Waals surface area (Å²) in [5.41, 5.74) is 4.24. The first-order valence-electron chi connectivity index (χ1n) is 4.14. The monoisotopic (exact) mass is 237 g/mol. The van der Waals surface area contributed by atoms with Gasteiger partial charge in [-0.05, 0) is 12.1 Å². The van der Waals surface area contributed by atoms with Crippen LogP contribution in [0, 0.1) is 11.6 Å². The number of hydrogen-bond donors (Lipinski definition) is 3. The zero-order chi connectivity index (χ0) is 11.6. The number of aliphatic hydroxyl groups is 2. The highest BCUT2D eigenvalue weighted by molar-refractivity contribution is 6.18. The molecule has 1 aromatic carbocycles. The van der Waals surface area contributed by atoms with Gasteiger partial charge in [-0.1, -0.05) is 0 Å². The van der Waals surface area contributed by atoms with Gasteiger partial charge in [0, 0.05) is 0 Å². The fraction of sp³-hybridized carbons (Fsp3) is 0.333. The van der Waals surface area contributed by atoms with Gasteiger partial charge in [0.2, 0.25) is 0 Å². The second-order valence-electron chi connectivity index (χ2n) is 3.03. The normalized spacial score (nSPS) is 15.0. The summed E-state index contributed by atoms with van der Waals surface area (Å²) in [5.74, 6) is -2.39. The van der Waals surface area contributed by atoms with E-state index in [0.29, 0.717) is 0 Å². The van der Waals surface area contributed by atoms with Crippen LogP contribution >= 0.6 is 11.6 Å². The fourth-order valence-corrected chi connectivity index (χ4v) is 1.30. The molecule has 0 aliphatic carbocycles. The van der Waals surface area contributed by atoms with E-state index in [1.165, 1.54) is 0 Å². The van der Waals surface area contributed by atoms with Gasteiger partial charge in [-0.15, -0.1) is 11.6 Å². The van der Waals surface area contributed by atoms with E-state index in [0.717, 1.165) is 12.1 Å². The summed E-state index contributed by atoms with van der Waals surface area (Å²) in [7, 11) is 0. The van der Waals surface area contributed by atoms with Gasteiger partial charge in [-0.3, -0.25) is 0 Å². The Labute approximate surface area is 90.1 Å². The van der Waals surface area contributed by atoms with Crippen LogP contribution in [0.2, 0.25) is 0 Å². The first kappa shape index (κ1) is 12.2. The third-order valence-corrected chi connectivity index (χ3v) is 2.29. The summed E-state index contributed by atoms with van der Waals surface area (Å²) in [4.78, 5) is 0. The van der Waals surface area contributed by atoms with Gasteiger partial charge < -0.3 is 15.9 Å². The summed E-state index contributed by atoms with van der Waals surface area (Å²) in [6.45, 7) is 0. The third-order valence-electron chi connectivity index (χ3n) is 1.97. The Morgan fingerprint density at radius 2 is 1.93 bits per heavy atom. The molecule has 6 heteroatoms. The number of alkyl halides is 1. The van der Waals surface area contributed by atoms with Crippen LogP contribution in [0.3, 0.4) is 0 Å². The fourth-order valence-electron chi connectivity index (χ4n) is 1.13. The average Bonchev–Trinajstić information content (AvgIpc) is 2.22. The molecule has 0 bridgehead atoms.